The quantitative estimate of drug-likeness (QED) is 0.484. The summed E-state index contributed by atoms with van der Waals surface area (Å²) >= 11 is 12.1. The van der Waals surface area contributed by atoms with Crippen LogP contribution in [0.4, 0.5) is 21.9 Å². The molecule has 0 fully saturated rings. The summed E-state index contributed by atoms with van der Waals surface area (Å²) in [5.41, 5.74) is 5.29. The van der Waals surface area contributed by atoms with Crippen molar-refractivity contribution in [2.45, 2.75) is 0 Å². The van der Waals surface area contributed by atoms with Gasteiger partial charge in [0.15, 0.2) is 0 Å². The van der Waals surface area contributed by atoms with Crippen LogP contribution in [0.25, 0.3) is 10.8 Å². The molecule has 0 atom stereocenters. The Morgan fingerprint density at radius 3 is 2.31 bits per heavy atom. The third-order valence-electron chi connectivity index (χ3n) is 3.79. The Bertz CT molecular complexity index is 1060. The molecule has 0 bridgehead atoms. The summed E-state index contributed by atoms with van der Waals surface area (Å²) in [6, 6.07) is 11.3. The van der Waals surface area contributed by atoms with E-state index in [1.165, 1.54) is 0 Å². The third-order valence-corrected chi connectivity index (χ3v) is 4.42. The molecule has 0 saturated carbocycles. The fourth-order valence-corrected chi connectivity index (χ4v) is 3.12. The Morgan fingerprint density at radius 1 is 1.04 bits per heavy atom. The molecule has 3 aromatic rings. The number of anilines is 2. The molecular weight excluding hydrogens is 381 g/mol. The lowest BCUT2D eigenvalue weighted by Gasteiger charge is -2.23. The number of carbonyl (C=O) groups is 1. The van der Waals surface area contributed by atoms with E-state index in [1.807, 2.05) is 0 Å². The van der Waals surface area contributed by atoms with Crippen molar-refractivity contribution in [3.63, 3.8) is 0 Å². The van der Waals surface area contributed by atoms with Gasteiger partial charge in [-0.3, -0.25) is 15.0 Å². The molecule has 0 unspecified atom stereocenters. The highest BCUT2D eigenvalue weighted by molar-refractivity contribution is 6.36. The standard InChI is InChI=1S/C17H11Cl2N3O4/c18-11-5-6-13(10-4-2-1-3-9(10)11)21(17(20)24)15-7-12(19)14(22(25)26)8-16(15)23/h1-8,23H,(H2,20,24). The lowest BCUT2D eigenvalue weighted by atomic mass is 10.1. The Kier molecular flexibility index (Phi) is 4.58. The van der Waals surface area contributed by atoms with Crippen molar-refractivity contribution in [2.24, 2.45) is 5.73 Å². The number of nitro benzene ring substituents is 1. The van der Waals surface area contributed by atoms with E-state index >= 15 is 0 Å². The zero-order valence-corrected chi connectivity index (χ0v) is 14.5. The lowest BCUT2D eigenvalue weighted by molar-refractivity contribution is -0.384. The highest BCUT2D eigenvalue weighted by Crippen LogP contribution is 2.42. The molecule has 0 heterocycles. The number of benzene rings is 3. The first-order valence-electron chi connectivity index (χ1n) is 7.25. The van der Waals surface area contributed by atoms with Crippen LogP contribution in [0.2, 0.25) is 10.0 Å². The second-order valence-electron chi connectivity index (χ2n) is 5.34. The highest BCUT2D eigenvalue weighted by atomic mass is 35.5. The van der Waals surface area contributed by atoms with Gasteiger partial charge in [-0.15, -0.1) is 0 Å². The Labute approximate surface area is 157 Å². The fraction of sp³-hybridized carbons (Fsp3) is 0. The topological polar surface area (TPSA) is 110 Å². The number of amides is 2. The Balaban J connectivity index is 2.28. The molecule has 7 nitrogen and oxygen atoms in total. The van der Waals surface area contributed by atoms with Gasteiger partial charge in [-0.2, -0.15) is 0 Å². The molecule has 0 aromatic heterocycles. The van der Waals surface area contributed by atoms with Gasteiger partial charge in [0.2, 0.25) is 0 Å². The number of urea groups is 1. The predicted octanol–water partition coefficient (Wildman–Crippen LogP) is 4.98. The summed E-state index contributed by atoms with van der Waals surface area (Å²) in [6.07, 6.45) is 0. The second kappa shape index (κ2) is 6.70. The smallest absolute Gasteiger partial charge is 0.324 e. The minimum atomic E-state index is -0.905. The van der Waals surface area contributed by atoms with E-state index in [0.29, 0.717) is 21.5 Å². The number of nitrogens with zero attached hydrogens (tertiary/aromatic N) is 2. The molecule has 0 aliphatic carbocycles. The zero-order chi connectivity index (χ0) is 19.0. The van der Waals surface area contributed by atoms with Crippen molar-refractivity contribution in [1.29, 1.82) is 0 Å². The summed E-state index contributed by atoms with van der Waals surface area (Å²) in [4.78, 5) is 23.4. The maximum absolute atomic E-state index is 12.1. The van der Waals surface area contributed by atoms with Gasteiger partial charge in [-0.25, -0.2) is 4.79 Å². The number of primary amides is 1. The number of phenols is 1. The van der Waals surface area contributed by atoms with E-state index in [9.17, 15) is 20.0 Å². The monoisotopic (exact) mass is 391 g/mol. The van der Waals surface area contributed by atoms with Crippen LogP contribution in [-0.4, -0.2) is 16.1 Å². The van der Waals surface area contributed by atoms with Crippen molar-refractivity contribution in [3.8, 4) is 5.75 Å². The van der Waals surface area contributed by atoms with Crippen molar-refractivity contribution >= 4 is 57.1 Å². The average molecular weight is 392 g/mol. The molecule has 3 aromatic carbocycles. The number of fused-ring (bicyclic) bond motifs is 1. The van der Waals surface area contributed by atoms with Gasteiger partial charge >= 0.3 is 6.03 Å². The van der Waals surface area contributed by atoms with Crippen LogP contribution in [0, 0.1) is 10.1 Å². The Morgan fingerprint density at radius 2 is 1.69 bits per heavy atom. The van der Waals surface area contributed by atoms with Crippen molar-refractivity contribution in [3.05, 3.63) is 68.7 Å². The summed E-state index contributed by atoms with van der Waals surface area (Å²) in [5, 5.41) is 22.7. The van der Waals surface area contributed by atoms with Crippen LogP contribution in [0.5, 0.6) is 5.75 Å². The second-order valence-corrected chi connectivity index (χ2v) is 6.15. The molecule has 3 rings (SSSR count). The molecule has 3 N–H and O–H groups in total. The maximum atomic E-state index is 12.1. The van der Waals surface area contributed by atoms with Gasteiger partial charge in [-0.05, 0) is 18.2 Å². The number of halogens is 2. The number of nitrogens with two attached hydrogens (primary N) is 1. The first-order valence-corrected chi connectivity index (χ1v) is 8.00. The van der Waals surface area contributed by atoms with Crippen LogP contribution < -0.4 is 10.6 Å². The van der Waals surface area contributed by atoms with Gasteiger partial charge < -0.3 is 10.8 Å². The molecule has 132 valence electrons. The summed E-state index contributed by atoms with van der Waals surface area (Å²) in [6.45, 7) is 0. The van der Waals surface area contributed by atoms with Gasteiger partial charge in [0.25, 0.3) is 5.69 Å². The highest BCUT2D eigenvalue weighted by Gasteiger charge is 2.25. The molecular formula is C17H11Cl2N3O4. The number of rotatable bonds is 3. The third kappa shape index (κ3) is 2.98. The molecule has 0 aliphatic heterocycles. The number of nitro groups is 1. The minimum Gasteiger partial charge on any atom is -0.505 e. The molecule has 9 heteroatoms. The van der Waals surface area contributed by atoms with Crippen LogP contribution in [0.3, 0.4) is 0 Å². The van der Waals surface area contributed by atoms with E-state index in [1.54, 1.807) is 36.4 Å². The van der Waals surface area contributed by atoms with Crippen LogP contribution in [-0.2, 0) is 0 Å². The minimum absolute atomic E-state index is 0.0828. The summed E-state index contributed by atoms with van der Waals surface area (Å²) in [7, 11) is 0. The number of phenolic OH excluding ortho intramolecular Hbond substituents is 1. The van der Waals surface area contributed by atoms with E-state index in [2.05, 4.69) is 0 Å². The summed E-state index contributed by atoms with van der Waals surface area (Å²) < 4.78 is 0. The van der Waals surface area contributed by atoms with Crippen molar-refractivity contribution < 1.29 is 14.8 Å². The van der Waals surface area contributed by atoms with Gasteiger partial charge in [0.05, 0.1) is 22.4 Å². The molecule has 0 saturated heterocycles. The molecule has 0 aliphatic rings. The van der Waals surface area contributed by atoms with Crippen LogP contribution in [0.1, 0.15) is 0 Å². The molecule has 0 spiro atoms. The van der Waals surface area contributed by atoms with Crippen molar-refractivity contribution in [1.82, 2.24) is 0 Å². The van der Waals surface area contributed by atoms with Gasteiger partial charge in [0, 0.05) is 15.8 Å². The number of aromatic hydroxyl groups is 1. The van der Waals surface area contributed by atoms with Gasteiger partial charge in [0.1, 0.15) is 10.8 Å². The lowest BCUT2D eigenvalue weighted by Crippen LogP contribution is -2.31. The SMILES string of the molecule is NC(=O)N(c1cc(Cl)c([N+](=O)[O-])cc1O)c1ccc(Cl)c2ccccc12. The van der Waals surface area contributed by atoms with Crippen molar-refractivity contribution in [2.75, 3.05) is 4.90 Å². The maximum Gasteiger partial charge on any atom is 0.324 e. The summed E-state index contributed by atoms with van der Waals surface area (Å²) in [5.74, 6) is -0.515. The molecule has 26 heavy (non-hydrogen) atoms. The first-order chi connectivity index (χ1) is 12.3. The largest absolute Gasteiger partial charge is 0.505 e. The fourth-order valence-electron chi connectivity index (χ4n) is 2.67. The van der Waals surface area contributed by atoms with E-state index in [-0.39, 0.29) is 10.7 Å². The zero-order valence-electron chi connectivity index (χ0n) is 13.0. The predicted molar refractivity (Wildman–Crippen MR) is 100 cm³/mol. The normalized spacial score (nSPS) is 10.7. The van der Waals surface area contributed by atoms with Gasteiger partial charge in [-0.1, -0.05) is 47.5 Å². The molecule has 2 amide bonds. The van der Waals surface area contributed by atoms with E-state index in [4.69, 9.17) is 28.9 Å². The molecule has 0 radical (unpaired) electrons. The van der Waals surface area contributed by atoms with E-state index in [0.717, 1.165) is 17.0 Å². The number of carbonyl (C=O) groups excluding carboxylic acids is 1. The number of hydrogen-bond acceptors (Lipinski definition) is 4. The average Bonchev–Trinajstić information content (AvgIpc) is 2.59. The van der Waals surface area contributed by atoms with Crippen LogP contribution in [0.15, 0.2) is 48.5 Å². The Hall–Kier alpha value is -3.03. The van der Waals surface area contributed by atoms with Crippen LogP contribution >= 0.6 is 23.2 Å². The number of hydrogen-bond donors (Lipinski definition) is 2. The van der Waals surface area contributed by atoms with E-state index < -0.39 is 22.4 Å². The first kappa shape index (κ1) is 17.8.